The van der Waals surface area contributed by atoms with Crippen molar-refractivity contribution < 1.29 is 9.53 Å². The number of esters is 1. The van der Waals surface area contributed by atoms with Crippen LogP contribution >= 0.6 is 0 Å². The molecular formula is C11H18N2O2. The predicted molar refractivity (Wildman–Crippen MR) is 57.6 cm³/mol. The Hall–Kier alpha value is -1.32. The number of H-pyrrole nitrogens is 1. The van der Waals surface area contributed by atoms with Crippen LogP contribution in [0.2, 0.25) is 0 Å². The molecule has 0 aliphatic heterocycles. The van der Waals surface area contributed by atoms with Crippen LogP contribution in [-0.2, 0) is 16.0 Å². The lowest BCUT2D eigenvalue weighted by atomic mass is 10.00. The summed E-state index contributed by atoms with van der Waals surface area (Å²) in [6, 6.07) is 0. The van der Waals surface area contributed by atoms with Gasteiger partial charge in [-0.1, -0.05) is 6.92 Å². The minimum Gasteiger partial charge on any atom is -0.466 e. The van der Waals surface area contributed by atoms with Crippen molar-refractivity contribution in [2.24, 2.45) is 5.92 Å². The fourth-order valence-electron chi connectivity index (χ4n) is 1.55. The number of aromatic amines is 1. The van der Waals surface area contributed by atoms with Crippen molar-refractivity contribution in [3.8, 4) is 0 Å². The lowest BCUT2D eigenvalue weighted by Crippen LogP contribution is -2.17. The molecular weight excluding hydrogens is 192 g/mol. The molecule has 1 heterocycles. The number of rotatable bonds is 4. The van der Waals surface area contributed by atoms with Gasteiger partial charge in [0.1, 0.15) is 0 Å². The summed E-state index contributed by atoms with van der Waals surface area (Å²) >= 11 is 0. The van der Waals surface area contributed by atoms with Crippen LogP contribution < -0.4 is 0 Å². The minimum atomic E-state index is -0.141. The summed E-state index contributed by atoms with van der Waals surface area (Å²) in [6.07, 6.45) is 0.688. The molecule has 0 saturated heterocycles. The first-order chi connectivity index (χ1) is 7.06. The molecule has 15 heavy (non-hydrogen) atoms. The highest BCUT2D eigenvalue weighted by Crippen LogP contribution is 2.15. The molecule has 0 aromatic carbocycles. The Bertz CT molecular complexity index is 325. The van der Waals surface area contributed by atoms with Crippen molar-refractivity contribution in [3.05, 3.63) is 17.0 Å². The van der Waals surface area contributed by atoms with E-state index < -0.39 is 0 Å². The summed E-state index contributed by atoms with van der Waals surface area (Å²) in [5, 5.41) is 7.01. The van der Waals surface area contributed by atoms with Crippen molar-refractivity contribution in [1.82, 2.24) is 10.2 Å². The first-order valence-electron chi connectivity index (χ1n) is 5.23. The number of carbonyl (C=O) groups excluding carboxylic acids is 1. The van der Waals surface area contributed by atoms with E-state index in [1.54, 1.807) is 0 Å². The average Bonchev–Trinajstić information content (AvgIpc) is 2.49. The van der Waals surface area contributed by atoms with Crippen LogP contribution in [-0.4, -0.2) is 22.8 Å². The van der Waals surface area contributed by atoms with Crippen molar-refractivity contribution in [3.63, 3.8) is 0 Å². The van der Waals surface area contributed by atoms with Gasteiger partial charge < -0.3 is 4.74 Å². The molecule has 0 amide bonds. The van der Waals surface area contributed by atoms with Crippen LogP contribution in [0.15, 0.2) is 0 Å². The number of carbonyl (C=O) groups is 1. The summed E-state index contributed by atoms with van der Waals surface area (Å²) in [5.41, 5.74) is 3.11. The van der Waals surface area contributed by atoms with Gasteiger partial charge in [-0.15, -0.1) is 0 Å². The van der Waals surface area contributed by atoms with Crippen LogP contribution in [0, 0.1) is 19.8 Å². The molecule has 4 heteroatoms. The SMILES string of the molecule is CCOC(=O)C(C)Cc1c(C)n[nH]c1C. The molecule has 0 aliphatic rings. The molecule has 0 saturated carbocycles. The Labute approximate surface area is 90.0 Å². The summed E-state index contributed by atoms with van der Waals surface area (Å²) in [5.74, 6) is -0.252. The Kier molecular flexibility index (Phi) is 3.88. The van der Waals surface area contributed by atoms with Crippen LogP contribution in [0.4, 0.5) is 0 Å². The number of ether oxygens (including phenoxy) is 1. The maximum absolute atomic E-state index is 11.4. The topological polar surface area (TPSA) is 55.0 Å². The van der Waals surface area contributed by atoms with Gasteiger partial charge in [0.15, 0.2) is 0 Å². The largest absolute Gasteiger partial charge is 0.466 e. The van der Waals surface area contributed by atoms with Crippen LogP contribution in [0.5, 0.6) is 0 Å². The van der Waals surface area contributed by atoms with Gasteiger partial charge in [-0.05, 0) is 32.8 Å². The second-order valence-electron chi connectivity index (χ2n) is 3.77. The van der Waals surface area contributed by atoms with E-state index in [-0.39, 0.29) is 11.9 Å². The highest BCUT2D eigenvalue weighted by Gasteiger charge is 2.17. The molecule has 84 valence electrons. The average molecular weight is 210 g/mol. The first-order valence-corrected chi connectivity index (χ1v) is 5.23. The van der Waals surface area contributed by atoms with E-state index in [0.29, 0.717) is 13.0 Å². The molecule has 0 bridgehead atoms. The number of nitrogens with zero attached hydrogens (tertiary/aromatic N) is 1. The van der Waals surface area contributed by atoms with Crippen molar-refractivity contribution in [1.29, 1.82) is 0 Å². The molecule has 0 aliphatic carbocycles. The van der Waals surface area contributed by atoms with Gasteiger partial charge in [-0.2, -0.15) is 5.10 Å². The van der Waals surface area contributed by atoms with Crippen LogP contribution in [0.1, 0.15) is 30.8 Å². The molecule has 0 fully saturated rings. The Morgan fingerprint density at radius 2 is 2.20 bits per heavy atom. The van der Waals surface area contributed by atoms with Crippen LogP contribution in [0.3, 0.4) is 0 Å². The molecule has 1 aromatic heterocycles. The number of aryl methyl sites for hydroxylation is 2. The van der Waals surface area contributed by atoms with Crippen molar-refractivity contribution in [2.75, 3.05) is 6.61 Å². The highest BCUT2D eigenvalue weighted by molar-refractivity contribution is 5.72. The van der Waals surface area contributed by atoms with Gasteiger partial charge in [0.2, 0.25) is 0 Å². The summed E-state index contributed by atoms with van der Waals surface area (Å²) in [6.45, 7) is 8.04. The number of aromatic nitrogens is 2. The van der Waals surface area contributed by atoms with Crippen molar-refractivity contribution >= 4 is 5.97 Å². The van der Waals surface area contributed by atoms with E-state index in [1.807, 2.05) is 27.7 Å². The summed E-state index contributed by atoms with van der Waals surface area (Å²) < 4.78 is 4.96. The highest BCUT2D eigenvalue weighted by atomic mass is 16.5. The molecule has 1 unspecified atom stereocenters. The van der Waals surface area contributed by atoms with Gasteiger partial charge in [0.05, 0.1) is 18.2 Å². The monoisotopic (exact) mass is 210 g/mol. The van der Waals surface area contributed by atoms with Gasteiger partial charge in [0, 0.05) is 5.69 Å². The molecule has 1 N–H and O–H groups in total. The van der Waals surface area contributed by atoms with Gasteiger partial charge in [-0.25, -0.2) is 0 Å². The molecule has 1 atom stereocenters. The molecule has 1 aromatic rings. The fraction of sp³-hybridized carbons (Fsp3) is 0.636. The normalized spacial score (nSPS) is 12.5. The Morgan fingerprint density at radius 3 is 2.67 bits per heavy atom. The lowest BCUT2D eigenvalue weighted by Gasteiger charge is -2.10. The standard InChI is InChI=1S/C11H18N2O2/c1-5-15-11(14)7(2)6-10-8(3)12-13-9(10)4/h7H,5-6H2,1-4H3,(H,12,13). The third-order valence-corrected chi connectivity index (χ3v) is 2.48. The Balaban J connectivity index is 2.66. The maximum Gasteiger partial charge on any atom is 0.308 e. The van der Waals surface area contributed by atoms with E-state index in [1.165, 1.54) is 0 Å². The Morgan fingerprint density at radius 1 is 1.53 bits per heavy atom. The summed E-state index contributed by atoms with van der Waals surface area (Å²) in [4.78, 5) is 11.4. The van der Waals surface area contributed by atoms with Crippen molar-refractivity contribution in [2.45, 2.75) is 34.1 Å². The third kappa shape index (κ3) is 2.81. The smallest absolute Gasteiger partial charge is 0.308 e. The fourth-order valence-corrected chi connectivity index (χ4v) is 1.55. The van der Waals surface area contributed by atoms with E-state index in [9.17, 15) is 4.79 Å². The molecule has 0 spiro atoms. The molecule has 0 radical (unpaired) electrons. The number of nitrogens with one attached hydrogen (secondary N) is 1. The predicted octanol–water partition coefficient (Wildman–Crippen LogP) is 1.77. The van der Waals surface area contributed by atoms with Gasteiger partial charge in [-0.3, -0.25) is 9.89 Å². The lowest BCUT2D eigenvalue weighted by molar-refractivity contribution is -0.147. The van der Waals surface area contributed by atoms with Gasteiger partial charge >= 0.3 is 5.97 Å². The number of hydrogen-bond donors (Lipinski definition) is 1. The van der Waals surface area contributed by atoms with E-state index in [0.717, 1.165) is 17.0 Å². The number of hydrogen-bond acceptors (Lipinski definition) is 3. The molecule has 4 nitrogen and oxygen atoms in total. The van der Waals surface area contributed by atoms with Crippen LogP contribution in [0.25, 0.3) is 0 Å². The van der Waals surface area contributed by atoms with E-state index in [4.69, 9.17) is 4.74 Å². The van der Waals surface area contributed by atoms with Gasteiger partial charge in [0.25, 0.3) is 0 Å². The quantitative estimate of drug-likeness (QED) is 0.770. The first kappa shape index (κ1) is 11.8. The summed E-state index contributed by atoms with van der Waals surface area (Å²) in [7, 11) is 0. The van der Waals surface area contributed by atoms with E-state index in [2.05, 4.69) is 10.2 Å². The molecule has 1 rings (SSSR count). The zero-order chi connectivity index (χ0) is 11.4. The second kappa shape index (κ2) is 4.96. The van der Waals surface area contributed by atoms with E-state index >= 15 is 0 Å². The zero-order valence-corrected chi connectivity index (χ0v) is 9.76. The minimum absolute atomic E-state index is 0.111. The maximum atomic E-state index is 11.4. The zero-order valence-electron chi connectivity index (χ0n) is 9.76. The third-order valence-electron chi connectivity index (χ3n) is 2.48. The second-order valence-corrected chi connectivity index (χ2v) is 3.77.